The zero-order valence-corrected chi connectivity index (χ0v) is 18.7. The van der Waals surface area contributed by atoms with Crippen molar-refractivity contribution in [1.82, 2.24) is 4.31 Å². The second-order valence-corrected chi connectivity index (χ2v) is 9.71. The third kappa shape index (κ3) is 5.57. The topological polar surface area (TPSA) is 55.8 Å². The maximum Gasteiger partial charge on any atom is 0.416 e. The van der Waals surface area contributed by atoms with Gasteiger partial charge in [0.05, 0.1) is 23.7 Å². The summed E-state index contributed by atoms with van der Waals surface area (Å²) in [6, 6.07) is 14.9. The summed E-state index contributed by atoms with van der Waals surface area (Å²) in [5.41, 5.74) is 1.12. The van der Waals surface area contributed by atoms with Gasteiger partial charge in [-0.15, -0.1) is 0 Å². The summed E-state index contributed by atoms with van der Waals surface area (Å²) < 4.78 is 90.9. The Balaban J connectivity index is 1.50. The predicted octanol–water partition coefficient (Wildman–Crippen LogP) is 5.14. The van der Waals surface area contributed by atoms with E-state index in [-0.39, 0.29) is 38.7 Å². The molecule has 3 aromatic rings. The monoisotopic (exact) mass is 495 g/mol. The van der Waals surface area contributed by atoms with Gasteiger partial charge in [0.25, 0.3) is 0 Å². The first-order valence-electron chi connectivity index (χ1n) is 10.4. The molecule has 1 aliphatic heterocycles. The SMILES string of the molecule is O=S(=O)(c1cccc(C(F)(F)F)c1)N1CCOc2ccc(COCc3ccc(F)cc3)cc2C1. The van der Waals surface area contributed by atoms with Gasteiger partial charge in [-0.3, -0.25) is 0 Å². The first-order valence-corrected chi connectivity index (χ1v) is 11.8. The van der Waals surface area contributed by atoms with E-state index >= 15 is 0 Å². The van der Waals surface area contributed by atoms with Gasteiger partial charge >= 0.3 is 6.18 Å². The van der Waals surface area contributed by atoms with Crippen molar-refractivity contribution in [3.05, 3.63) is 94.8 Å². The molecule has 1 heterocycles. The van der Waals surface area contributed by atoms with Crippen LogP contribution in [0.4, 0.5) is 17.6 Å². The van der Waals surface area contributed by atoms with Crippen molar-refractivity contribution < 1.29 is 35.5 Å². The van der Waals surface area contributed by atoms with Crippen LogP contribution in [0.2, 0.25) is 0 Å². The van der Waals surface area contributed by atoms with Crippen LogP contribution < -0.4 is 4.74 Å². The molecule has 0 radical (unpaired) electrons. The van der Waals surface area contributed by atoms with Crippen LogP contribution in [-0.2, 0) is 40.7 Å². The van der Waals surface area contributed by atoms with E-state index in [9.17, 15) is 26.0 Å². The van der Waals surface area contributed by atoms with E-state index < -0.39 is 26.7 Å². The highest BCUT2D eigenvalue weighted by molar-refractivity contribution is 7.89. The molecule has 0 aromatic heterocycles. The summed E-state index contributed by atoms with van der Waals surface area (Å²) in [5.74, 6) is 0.170. The van der Waals surface area contributed by atoms with Crippen molar-refractivity contribution in [2.45, 2.75) is 30.8 Å². The molecule has 0 atom stereocenters. The number of hydrogen-bond acceptors (Lipinski definition) is 4. The number of ether oxygens (including phenoxy) is 2. The smallest absolute Gasteiger partial charge is 0.416 e. The number of benzene rings is 3. The molecule has 0 fully saturated rings. The third-order valence-corrected chi connectivity index (χ3v) is 7.16. The van der Waals surface area contributed by atoms with Gasteiger partial charge in [-0.05, 0) is 53.6 Å². The molecule has 0 N–H and O–H groups in total. The zero-order valence-electron chi connectivity index (χ0n) is 17.9. The average Bonchev–Trinajstić information content (AvgIpc) is 3.02. The van der Waals surface area contributed by atoms with Crippen molar-refractivity contribution >= 4 is 10.0 Å². The zero-order chi connectivity index (χ0) is 24.3. The fourth-order valence-electron chi connectivity index (χ4n) is 3.57. The molecule has 1 aliphatic rings. The Morgan fingerprint density at radius 3 is 2.38 bits per heavy atom. The summed E-state index contributed by atoms with van der Waals surface area (Å²) >= 11 is 0. The van der Waals surface area contributed by atoms with E-state index in [0.717, 1.165) is 33.6 Å². The highest BCUT2D eigenvalue weighted by Crippen LogP contribution is 2.32. The molecule has 4 rings (SSSR count). The molecule has 3 aromatic carbocycles. The summed E-state index contributed by atoms with van der Waals surface area (Å²) in [5, 5.41) is 0. The molecule has 0 unspecified atom stereocenters. The first kappa shape index (κ1) is 24.2. The summed E-state index contributed by atoms with van der Waals surface area (Å²) in [7, 11) is -4.19. The fourth-order valence-corrected chi connectivity index (χ4v) is 5.02. The minimum absolute atomic E-state index is 0.0103. The number of fused-ring (bicyclic) bond motifs is 1. The lowest BCUT2D eigenvalue weighted by molar-refractivity contribution is -0.137. The minimum Gasteiger partial charge on any atom is -0.492 e. The van der Waals surface area contributed by atoms with Crippen molar-refractivity contribution in [2.24, 2.45) is 0 Å². The van der Waals surface area contributed by atoms with E-state index in [4.69, 9.17) is 9.47 Å². The van der Waals surface area contributed by atoms with Crippen LogP contribution in [0.15, 0.2) is 71.6 Å². The molecule has 0 bridgehead atoms. The average molecular weight is 495 g/mol. The number of hydrogen-bond donors (Lipinski definition) is 0. The highest BCUT2D eigenvalue weighted by Gasteiger charge is 2.33. The molecule has 34 heavy (non-hydrogen) atoms. The number of nitrogens with zero attached hydrogens (tertiary/aromatic N) is 1. The van der Waals surface area contributed by atoms with Gasteiger partial charge in [-0.1, -0.05) is 24.3 Å². The van der Waals surface area contributed by atoms with Crippen molar-refractivity contribution in [3.8, 4) is 5.75 Å². The van der Waals surface area contributed by atoms with Gasteiger partial charge in [0.1, 0.15) is 18.2 Å². The molecule has 0 saturated heterocycles. The van der Waals surface area contributed by atoms with Crippen LogP contribution in [0, 0.1) is 5.82 Å². The molecule has 0 amide bonds. The summed E-state index contributed by atoms with van der Waals surface area (Å²) in [6.07, 6.45) is -4.65. The third-order valence-electron chi connectivity index (χ3n) is 5.32. The van der Waals surface area contributed by atoms with Gasteiger partial charge in [0, 0.05) is 18.7 Å². The maximum atomic E-state index is 13.1. The molecule has 10 heteroatoms. The van der Waals surface area contributed by atoms with Crippen LogP contribution in [0.5, 0.6) is 5.75 Å². The highest BCUT2D eigenvalue weighted by atomic mass is 32.2. The molecule has 0 aliphatic carbocycles. The lowest BCUT2D eigenvalue weighted by Crippen LogP contribution is -2.32. The predicted molar refractivity (Wildman–Crippen MR) is 116 cm³/mol. The number of alkyl halides is 3. The molecule has 0 saturated carbocycles. The molecule has 0 spiro atoms. The molecular weight excluding hydrogens is 474 g/mol. The quantitative estimate of drug-likeness (QED) is 0.444. The molecule has 180 valence electrons. The van der Waals surface area contributed by atoms with Gasteiger partial charge < -0.3 is 9.47 Å². The second kappa shape index (κ2) is 9.73. The normalized spacial score (nSPS) is 14.8. The number of halogens is 4. The standard InChI is InChI=1S/C24H21F4NO4S/c25-21-7-4-17(5-8-21)15-32-16-18-6-9-23-19(12-18)14-29(10-11-33-23)34(30,31)22-3-1-2-20(13-22)24(26,27)28/h1-9,12-13H,10-11,14-16H2. The maximum absolute atomic E-state index is 13.1. The van der Waals surface area contributed by atoms with E-state index in [2.05, 4.69) is 0 Å². The Bertz CT molecular complexity index is 1260. The fraction of sp³-hybridized carbons (Fsp3) is 0.250. The van der Waals surface area contributed by atoms with E-state index in [1.165, 1.54) is 12.1 Å². The van der Waals surface area contributed by atoms with Gasteiger partial charge in [-0.2, -0.15) is 17.5 Å². The Morgan fingerprint density at radius 2 is 1.65 bits per heavy atom. The number of sulfonamides is 1. The Morgan fingerprint density at radius 1 is 0.941 bits per heavy atom. The summed E-state index contributed by atoms with van der Waals surface area (Å²) in [6.45, 7) is 0.490. The van der Waals surface area contributed by atoms with Crippen LogP contribution in [0.25, 0.3) is 0 Å². The van der Waals surface area contributed by atoms with Crippen LogP contribution in [0.1, 0.15) is 22.3 Å². The lowest BCUT2D eigenvalue weighted by Gasteiger charge is -2.20. The van der Waals surface area contributed by atoms with Crippen molar-refractivity contribution in [3.63, 3.8) is 0 Å². The van der Waals surface area contributed by atoms with Crippen molar-refractivity contribution in [2.75, 3.05) is 13.2 Å². The van der Waals surface area contributed by atoms with Crippen molar-refractivity contribution in [1.29, 1.82) is 0 Å². The second-order valence-electron chi connectivity index (χ2n) is 7.77. The van der Waals surface area contributed by atoms with E-state index in [1.807, 2.05) is 0 Å². The molecular formula is C24H21F4NO4S. The Hall–Kier alpha value is -2.95. The van der Waals surface area contributed by atoms with E-state index in [0.29, 0.717) is 17.4 Å². The van der Waals surface area contributed by atoms with Crippen LogP contribution in [-0.4, -0.2) is 25.9 Å². The molecule has 5 nitrogen and oxygen atoms in total. The lowest BCUT2D eigenvalue weighted by atomic mass is 10.1. The first-order chi connectivity index (χ1) is 16.1. The van der Waals surface area contributed by atoms with Crippen LogP contribution >= 0.6 is 0 Å². The van der Waals surface area contributed by atoms with Gasteiger partial charge in [0.15, 0.2) is 0 Å². The Kier molecular flexibility index (Phi) is 6.92. The minimum atomic E-state index is -4.65. The van der Waals surface area contributed by atoms with E-state index in [1.54, 1.807) is 30.3 Å². The number of rotatable bonds is 6. The Labute approximate surface area is 194 Å². The summed E-state index contributed by atoms with van der Waals surface area (Å²) in [4.78, 5) is -0.426. The largest absolute Gasteiger partial charge is 0.492 e. The van der Waals surface area contributed by atoms with Gasteiger partial charge in [0.2, 0.25) is 10.0 Å². The van der Waals surface area contributed by atoms with Gasteiger partial charge in [-0.25, -0.2) is 12.8 Å². The van der Waals surface area contributed by atoms with Crippen LogP contribution in [0.3, 0.4) is 0 Å².